The van der Waals surface area contributed by atoms with Crippen LogP contribution in [0.4, 0.5) is 0 Å². The lowest BCUT2D eigenvalue weighted by molar-refractivity contribution is 0.551. The van der Waals surface area contributed by atoms with E-state index < -0.39 is 0 Å². The average molecular weight is 204 g/mol. The quantitative estimate of drug-likeness (QED) is 0.749. The van der Waals surface area contributed by atoms with E-state index in [1.165, 1.54) is 0 Å². The largest absolute Gasteiger partial charge is 0.315 e. The highest BCUT2D eigenvalue weighted by Gasteiger charge is 2.01. The maximum absolute atomic E-state index is 4.12. The third-order valence-electron chi connectivity index (χ3n) is 2.35. The summed E-state index contributed by atoms with van der Waals surface area (Å²) in [5.41, 5.74) is 2.07. The zero-order chi connectivity index (χ0) is 10.5. The van der Waals surface area contributed by atoms with Crippen molar-refractivity contribution in [3.63, 3.8) is 0 Å². The molecule has 0 radical (unpaired) electrons. The molecule has 0 unspecified atom stereocenters. The Kier molecular flexibility index (Phi) is 3.29. The Morgan fingerprint density at radius 1 is 1.27 bits per heavy atom. The molecule has 4 heteroatoms. The van der Waals surface area contributed by atoms with Crippen molar-refractivity contribution < 1.29 is 0 Å². The number of para-hydroxylation sites is 1. The highest BCUT2D eigenvalue weighted by molar-refractivity contribution is 5.73. The number of benzene rings is 1. The molecule has 1 aromatic carbocycles. The minimum absolute atomic E-state index is 0.876. The molecule has 0 saturated carbocycles. The van der Waals surface area contributed by atoms with Crippen LogP contribution in [0.5, 0.6) is 0 Å². The normalized spacial score (nSPS) is 11.0. The molecule has 1 N–H and O–H groups in total. The Labute approximate surface area is 89.3 Å². The van der Waals surface area contributed by atoms with Gasteiger partial charge in [0.05, 0.1) is 12.1 Å². The van der Waals surface area contributed by atoms with Gasteiger partial charge in [0.25, 0.3) is 0 Å². The molecule has 0 aliphatic carbocycles. The first-order valence-electron chi connectivity index (χ1n) is 5.41. The summed E-state index contributed by atoms with van der Waals surface area (Å²) in [5.74, 6) is 0. The molecule has 2 aromatic rings. The van der Waals surface area contributed by atoms with E-state index in [1.54, 1.807) is 0 Å². The molecular formula is C11H16N4. The second-order valence-electron chi connectivity index (χ2n) is 3.55. The van der Waals surface area contributed by atoms with Crippen LogP contribution in [0.3, 0.4) is 0 Å². The van der Waals surface area contributed by atoms with Crippen LogP contribution in [0, 0.1) is 0 Å². The first-order valence-corrected chi connectivity index (χ1v) is 5.41. The van der Waals surface area contributed by atoms with E-state index in [-0.39, 0.29) is 0 Å². The number of hydrogen-bond donors (Lipinski definition) is 1. The molecule has 0 saturated heterocycles. The van der Waals surface area contributed by atoms with Gasteiger partial charge in [-0.25, -0.2) is 4.68 Å². The predicted molar refractivity (Wildman–Crippen MR) is 60.7 cm³/mol. The smallest absolute Gasteiger partial charge is 0.113 e. The van der Waals surface area contributed by atoms with Crippen LogP contribution >= 0.6 is 0 Å². The summed E-state index contributed by atoms with van der Waals surface area (Å²) in [6, 6.07) is 8.03. The predicted octanol–water partition coefficient (Wildman–Crippen LogP) is 1.43. The summed E-state index contributed by atoms with van der Waals surface area (Å²) in [7, 11) is 0. The molecule has 1 aromatic heterocycles. The lowest BCUT2D eigenvalue weighted by atomic mass is 10.3. The van der Waals surface area contributed by atoms with Gasteiger partial charge in [0.15, 0.2) is 0 Å². The van der Waals surface area contributed by atoms with Gasteiger partial charge in [0.1, 0.15) is 5.52 Å². The highest BCUT2D eigenvalue weighted by Crippen LogP contribution is 2.08. The molecule has 0 atom stereocenters. The van der Waals surface area contributed by atoms with Gasteiger partial charge < -0.3 is 5.32 Å². The summed E-state index contributed by atoms with van der Waals surface area (Å²) < 4.78 is 1.94. The van der Waals surface area contributed by atoms with Crippen LogP contribution in [0.15, 0.2) is 24.3 Å². The lowest BCUT2D eigenvalue weighted by Crippen LogP contribution is -2.21. The Morgan fingerprint density at radius 3 is 3.00 bits per heavy atom. The van der Waals surface area contributed by atoms with Crippen molar-refractivity contribution in [2.75, 3.05) is 13.1 Å². The highest BCUT2D eigenvalue weighted by atomic mass is 15.4. The molecule has 0 fully saturated rings. The molecule has 0 amide bonds. The molecule has 1 heterocycles. The first-order chi connectivity index (χ1) is 7.42. The second-order valence-corrected chi connectivity index (χ2v) is 3.55. The van der Waals surface area contributed by atoms with Gasteiger partial charge in [-0.2, -0.15) is 0 Å². The fraction of sp³-hybridized carbons (Fsp3) is 0.455. The summed E-state index contributed by atoms with van der Waals surface area (Å²) in [6.45, 7) is 5.05. The maximum Gasteiger partial charge on any atom is 0.113 e. The van der Waals surface area contributed by atoms with Crippen LogP contribution in [0.2, 0.25) is 0 Å². The van der Waals surface area contributed by atoms with Gasteiger partial charge in [-0.3, -0.25) is 0 Å². The average Bonchev–Trinajstić information content (AvgIpc) is 2.68. The number of rotatable bonds is 5. The molecule has 80 valence electrons. The Bertz CT molecular complexity index is 421. The number of fused-ring (bicyclic) bond motifs is 1. The van der Waals surface area contributed by atoms with Gasteiger partial charge in [-0.1, -0.05) is 24.3 Å². The first kappa shape index (κ1) is 10.1. The Morgan fingerprint density at radius 2 is 2.13 bits per heavy atom. The Hall–Kier alpha value is -1.42. The standard InChI is InChI=1S/C11H16N4/c1-2-7-12-8-9-15-11-6-4-3-5-10(11)13-14-15/h3-6,12H,2,7-9H2,1H3. The van der Waals surface area contributed by atoms with E-state index in [0.29, 0.717) is 0 Å². The van der Waals surface area contributed by atoms with Crippen LogP contribution in [-0.2, 0) is 6.54 Å². The van der Waals surface area contributed by atoms with Crippen molar-refractivity contribution in [3.05, 3.63) is 24.3 Å². The van der Waals surface area contributed by atoms with E-state index in [2.05, 4.69) is 28.6 Å². The van der Waals surface area contributed by atoms with Gasteiger partial charge in [-0.05, 0) is 25.1 Å². The molecule has 0 aliphatic heterocycles. The van der Waals surface area contributed by atoms with Crippen molar-refractivity contribution in [1.82, 2.24) is 20.3 Å². The van der Waals surface area contributed by atoms with E-state index in [1.807, 2.05) is 22.9 Å². The number of aromatic nitrogens is 3. The van der Waals surface area contributed by atoms with Crippen molar-refractivity contribution >= 4 is 11.0 Å². The van der Waals surface area contributed by atoms with Crippen molar-refractivity contribution in [1.29, 1.82) is 0 Å². The molecule has 0 spiro atoms. The molecular weight excluding hydrogens is 188 g/mol. The second kappa shape index (κ2) is 4.89. The molecule has 0 bridgehead atoms. The minimum atomic E-state index is 0.876. The van der Waals surface area contributed by atoms with Crippen LogP contribution in [-0.4, -0.2) is 28.1 Å². The van der Waals surface area contributed by atoms with Crippen molar-refractivity contribution in [2.24, 2.45) is 0 Å². The number of nitrogens with one attached hydrogen (secondary N) is 1. The van der Waals surface area contributed by atoms with E-state index >= 15 is 0 Å². The number of hydrogen-bond acceptors (Lipinski definition) is 3. The molecule has 2 rings (SSSR count). The fourth-order valence-electron chi connectivity index (χ4n) is 1.57. The monoisotopic (exact) mass is 204 g/mol. The lowest BCUT2D eigenvalue weighted by Gasteiger charge is -2.03. The van der Waals surface area contributed by atoms with Gasteiger partial charge in [0.2, 0.25) is 0 Å². The maximum atomic E-state index is 4.12. The number of nitrogens with zero attached hydrogens (tertiary/aromatic N) is 3. The van der Waals surface area contributed by atoms with Crippen LogP contribution in [0.1, 0.15) is 13.3 Å². The molecule has 4 nitrogen and oxygen atoms in total. The summed E-state index contributed by atoms with van der Waals surface area (Å²) in [6.07, 6.45) is 1.16. The van der Waals surface area contributed by atoms with Crippen LogP contribution < -0.4 is 5.32 Å². The molecule has 0 aliphatic rings. The van der Waals surface area contributed by atoms with Gasteiger partial charge in [-0.15, -0.1) is 5.10 Å². The van der Waals surface area contributed by atoms with Gasteiger partial charge >= 0.3 is 0 Å². The van der Waals surface area contributed by atoms with Crippen LogP contribution in [0.25, 0.3) is 11.0 Å². The summed E-state index contributed by atoms with van der Waals surface area (Å²) >= 11 is 0. The topological polar surface area (TPSA) is 42.7 Å². The van der Waals surface area contributed by atoms with Crippen molar-refractivity contribution in [2.45, 2.75) is 19.9 Å². The summed E-state index contributed by atoms with van der Waals surface area (Å²) in [5, 5.41) is 11.6. The minimum Gasteiger partial charge on any atom is -0.315 e. The zero-order valence-corrected chi connectivity index (χ0v) is 8.98. The van der Waals surface area contributed by atoms with E-state index in [0.717, 1.165) is 37.1 Å². The zero-order valence-electron chi connectivity index (χ0n) is 8.98. The van der Waals surface area contributed by atoms with Gasteiger partial charge in [0, 0.05) is 6.54 Å². The van der Waals surface area contributed by atoms with E-state index in [9.17, 15) is 0 Å². The Balaban J connectivity index is 2.02. The van der Waals surface area contributed by atoms with Crippen molar-refractivity contribution in [3.8, 4) is 0 Å². The third kappa shape index (κ3) is 2.33. The third-order valence-corrected chi connectivity index (χ3v) is 2.35. The summed E-state index contributed by atoms with van der Waals surface area (Å²) in [4.78, 5) is 0. The molecule has 15 heavy (non-hydrogen) atoms. The SMILES string of the molecule is CCCNCCn1nnc2ccccc21. The fourth-order valence-corrected chi connectivity index (χ4v) is 1.57. The van der Waals surface area contributed by atoms with E-state index in [4.69, 9.17) is 0 Å².